The zero-order valence-corrected chi connectivity index (χ0v) is 22.1. The number of nitrogens with zero attached hydrogens (tertiary/aromatic N) is 7. The largest absolute Gasteiger partial charge is 0.382 e. The van der Waals surface area contributed by atoms with Crippen molar-refractivity contribution in [1.29, 1.82) is 0 Å². The highest BCUT2D eigenvalue weighted by atomic mass is 32.2. The molecule has 2 fully saturated rings. The van der Waals surface area contributed by atoms with Gasteiger partial charge >= 0.3 is 0 Å². The van der Waals surface area contributed by atoms with Gasteiger partial charge in [0.15, 0.2) is 21.2 Å². The number of sulfone groups is 1. The summed E-state index contributed by atoms with van der Waals surface area (Å²) in [5.74, 6) is -0.842. The van der Waals surface area contributed by atoms with Gasteiger partial charge in [-0.3, -0.25) is 9.78 Å². The van der Waals surface area contributed by atoms with Crippen molar-refractivity contribution in [3.63, 3.8) is 0 Å². The Bertz CT molecular complexity index is 1910. The molecule has 6 heterocycles. The van der Waals surface area contributed by atoms with Crippen LogP contribution in [0.3, 0.4) is 0 Å². The van der Waals surface area contributed by atoms with Crippen LogP contribution < -0.4 is 5.73 Å². The van der Waals surface area contributed by atoms with Gasteiger partial charge in [0.1, 0.15) is 16.5 Å². The highest BCUT2D eigenvalue weighted by Crippen LogP contribution is 2.45. The van der Waals surface area contributed by atoms with Crippen LogP contribution in [0.4, 0.5) is 10.2 Å². The minimum atomic E-state index is -3.78. The van der Waals surface area contributed by atoms with Crippen molar-refractivity contribution in [3.05, 3.63) is 60.1 Å². The summed E-state index contributed by atoms with van der Waals surface area (Å²) in [6.45, 7) is 0. The van der Waals surface area contributed by atoms with Crippen LogP contribution in [0.5, 0.6) is 0 Å². The molecular formula is C26H24FN9O3S. The van der Waals surface area contributed by atoms with Gasteiger partial charge in [-0.15, -0.1) is 0 Å². The number of halogens is 1. The van der Waals surface area contributed by atoms with Crippen LogP contribution in [0.15, 0.2) is 47.8 Å². The van der Waals surface area contributed by atoms with Gasteiger partial charge < -0.3 is 10.6 Å². The summed E-state index contributed by atoms with van der Waals surface area (Å²) in [5, 5.41) is 15.1. The second-order valence-corrected chi connectivity index (χ2v) is 12.4. The van der Waals surface area contributed by atoms with Crippen molar-refractivity contribution in [1.82, 2.24) is 39.9 Å². The molecule has 2 aliphatic rings. The highest BCUT2D eigenvalue weighted by molar-refractivity contribution is 7.91. The maximum absolute atomic E-state index is 13.9. The maximum atomic E-state index is 13.9. The lowest BCUT2D eigenvalue weighted by Crippen LogP contribution is -2.46. The van der Waals surface area contributed by atoms with Crippen molar-refractivity contribution in [2.75, 3.05) is 12.0 Å². The fourth-order valence-corrected chi connectivity index (χ4v) is 7.36. The Labute approximate surface area is 227 Å². The number of aromatic nitrogens is 7. The van der Waals surface area contributed by atoms with E-state index in [0.29, 0.717) is 46.2 Å². The van der Waals surface area contributed by atoms with Gasteiger partial charge in [-0.1, -0.05) is 0 Å². The Morgan fingerprint density at radius 2 is 1.90 bits per heavy atom. The molecular weight excluding hydrogens is 537 g/mol. The first-order valence-corrected chi connectivity index (χ1v) is 14.7. The van der Waals surface area contributed by atoms with E-state index in [1.165, 1.54) is 22.8 Å². The average Bonchev–Trinajstić information content (AvgIpc) is 3.65. The summed E-state index contributed by atoms with van der Waals surface area (Å²) in [7, 11) is -3.78. The number of hydrogen-bond acceptors (Lipinski definition) is 9. The van der Waals surface area contributed by atoms with E-state index in [1.807, 2.05) is 4.90 Å². The van der Waals surface area contributed by atoms with E-state index in [-0.39, 0.29) is 46.1 Å². The molecule has 2 aliphatic heterocycles. The van der Waals surface area contributed by atoms with Crippen LogP contribution in [0.1, 0.15) is 47.8 Å². The van der Waals surface area contributed by atoms with E-state index in [0.717, 1.165) is 19.1 Å². The topological polar surface area (TPSA) is 165 Å². The van der Waals surface area contributed by atoms with Gasteiger partial charge in [-0.2, -0.15) is 25.0 Å². The lowest BCUT2D eigenvalue weighted by molar-refractivity contribution is 0.0562. The Kier molecular flexibility index (Phi) is 5.39. The number of amides is 1. The third kappa shape index (κ3) is 3.81. The van der Waals surface area contributed by atoms with Crippen LogP contribution in [0.2, 0.25) is 0 Å². The number of aromatic amines is 1. The molecule has 0 aliphatic carbocycles. The minimum absolute atomic E-state index is 0.0259. The number of carbonyl (C=O) groups excluding carboxylic acids is 1. The molecule has 12 nitrogen and oxygen atoms in total. The Morgan fingerprint density at radius 3 is 2.60 bits per heavy atom. The molecule has 5 aromatic rings. The number of carbonyl (C=O) groups is 1. The number of hydrogen-bond donors (Lipinski definition) is 2. The van der Waals surface area contributed by atoms with E-state index in [2.05, 4.69) is 25.5 Å². The van der Waals surface area contributed by atoms with E-state index in [1.54, 1.807) is 24.5 Å². The lowest BCUT2D eigenvalue weighted by Gasteiger charge is -2.38. The number of nitrogens with two attached hydrogens (primary N) is 1. The smallest absolute Gasteiger partial charge is 0.276 e. The molecule has 40 heavy (non-hydrogen) atoms. The molecule has 2 saturated heterocycles. The number of piperidine rings is 1. The zero-order chi connectivity index (χ0) is 27.8. The van der Waals surface area contributed by atoms with Gasteiger partial charge in [-0.25, -0.2) is 17.8 Å². The second-order valence-electron chi connectivity index (χ2n) is 10.5. The predicted octanol–water partition coefficient (Wildman–Crippen LogP) is 2.74. The van der Waals surface area contributed by atoms with Crippen molar-refractivity contribution < 1.29 is 17.6 Å². The Hall–Kier alpha value is -4.46. The lowest BCUT2D eigenvalue weighted by atomic mass is 9.87. The van der Waals surface area contributed by atoms with E-state index in [9.17, 15) is 17.6 Å². The average molecular weight is 562 g/mol. The number of anilines is 1. The van der Waals surface area contributed by atoms with Gasteiger partial charge in [-0.05, 0) is 49.9 Å². The first kappa shape index (κ1) is 24.6. The predicted molar refractivity (Wildman–Crippen MR) is 143 cm³/mol. The zero-order valence-electron chi connectivity index (χ0n) is 21.3. The molecule has 3 atom stereocenters. The summed E-state index contributed by atoms with van der Waals surface area (Å²) in [5.41, 5.74) is 9.35. The Morgan fingerprint density at radius 1 is 1.12 bits per heavy atom. The normalized spacial score (nSPS) is 20.9. The second kappa shape index (κ2) is 8.78. The molecule has 7 rings (SSSR count). The standard InChI is InChI=1S/C26H24FN9O3S/c1-40(38,39)23-22(14-8-17-3-4-18(9-14)35(17)26(37)21-12-30-34-33-21)32-25-19(11-31-36(25)24(23)28)15-6-13-7-16(27)2-5-20(13)29-10-15/h2,5-7,10-12,14,17-18H,3-4,8-9,28H2,1H3,(H,30,33,34)/t14-,17-,18+. The summed E-state index contributed by atoms with van der Waals surface area (Å²) >= 11 is 0. The maximum Gasteiger partial charge on any atom is 0.276 e. The minimum Gasteiger partial charge on any atom is -0.382 e. The third-order valence-electron chi connectivity index (χ3n) is 7.98. The number of fused-ring (bicyclic) bond motifs is 4. The Balaban J connectivity index is 1.34. The van der Waals surface area contributed by atoms with Crippen LogP contribution in [-0.2, 0) is 9.84 Å². The van der Waals surface area contributed by atoms with Gasteiger partial charge in [0.05, 0.1) is 23.6 Å². The van der Waals surface area contributed by atoms with Gasteiger partial charge in [0.2, 0.25) is 0 Å². The molecule has 204 valence electrons. The molecule has 0 radical (unpaired) electrons. The third-order valence-corrected chi connectivity index (χ3v) is 9.14. The quantitative estimate of drug-likeness (QED) is 0.335. The summed E-state index contributed by atoms with van der Waals surface area (Å²) in [6, 6.07) is 5.95. The van der Waals surface area contributed by atoms with Gasteiger partial charge in [0.25, 0.3) is 5.91 Å². The van der Waals surface area contributed by atoms with Crippen molar-refractivity contribution in [3.8, 4) is 11.1 Å². The van der Waals surface area contributed by atoms with Crippen LogP contribution in [-0.4, -0.2) is 72.6 Å². The highest BCUT2D eigenvalue weighted by Gasteiger charge is 2.46. The van der Waals surface area contributed by atoms with E-state index in [4.69, 9.17) is 10.7 Å². The fraction of sp³-hybridized carbons (Fsp3) is 0.308. The van der Waals surface area contributed by atoms with Crippen LogP contribution in [0.25, 0.3) is 27.7 Å². The fourth-order valence-electron chi connectivity index (χ4n) is 6.30. The van der Waals surface area contributed by atoms with Crippen LogP contribution >= 0.6 is 0 Å². The number of H-pyrrole nitrogens is 1. The summed E-state index contributed by atoms with van der Waals surface area (Å²) < 4.78 is 41.3. The monoisotopic (exact) mass is 561 g/mol. The molecule has 2 bridgehead atoms. The van der Waals surface area contributed by atoms with E-state index >= 15 is 0 Å². The summed E-state index contributed by atoms with van der Waals surface area (Å²) in [4.78, 5) is 24.3. The first-order valence-electron chi connectivity index (χ1n) is 12.8. The molecule has 0 saturated carbocycles. The number of pyridine rings is 1. The number of nitrogens with one attached hydrogen (secondary N) is 1. The number of benzene rings is 1. The summed E-state index contributed by atoms with van der Waals surface area (Å²) in [6.07, 6.45) is 8.38. The first-order chi connectivity index (χ1) is 19.2. The molecule has 4 aromatic heterocycles. The molecule has 1 amide bonds. The van der Waals surface area contributed by atoms with Crippen molar-refractivity contribution in [2.45, 2.75) is 48.6 Å². The number of nitrogen functional groups attached to an aromatic ring is 1. The SMILES string of the molecule is CS(=O)(=O)c1c([C@@H]2C[C@H]3CC[C@@H](C2)N3C(=O)c2cn[nH]n2)nc2c(-c3cnc4ccc(F)cc4c3)cnn2c1N. The van der Waals surface area contributed by atoms with Crippen LogP contribution in [0, 0.1) is 5.82 Å². The molecule has 0 unspecified atom stereocenters. The van der Waals surface area contributed by atoms with Gasteiger partial charge in [0, 0.05) is 47.0 Å². The molecule has 0 spiro atoms. The van der Waals surface area contributed by atoms with E-state index < -0.39 is 9.84 Å². The number of rotatable bonds is 4. The van der Waals surface area contributed by atoms with Crippen molar-refractivity contribution >= 4 is 38.1 Å². The molecule has 3 N–H and O–H groups in total. The van der Waals surface area contributed by atoms with Crippen molar-refractivity contribution in [2.24, 2.45) is 0 Å². The molecule has 1 aromatic carbocycles. The molecule has 14 heteroatoms.